The van der Waals surface area contributed by atoms with Crippen LogP contribution in [0.5, 0.6) is 0 Å². The van der Waals surface area contributed by atoms with Crippen LogP contribution in [0.4, 0.5) is 10.1 Å². The van der Waals surface area contributed by atoms with Crippen LogP contribution in [0.1, 0.15) is 12.8 Å². The monoisotopic (exact) mass is 222 g/mol. The molecule has 0 saturated carbocycles. The van der Waals surface area contributed by atoms with Crippen molar-refractivity contribution in [3.8, 4) is 0 Å². The Kier molecular flexibility index (Phi) is 2.70. The molecule has 1 unspecified atom stereocenters. The number of benzene rings is 1. The lowest BCUT2D eigenvalue weighted by Crippen LogP contribution is -2.51. The Morgan fingerprint density at radius 3 is 2.81 bits per heavy atom. The van der Waals surface area contributed by atoms with Crippen molar-refractivity contribution >= 4 is 17.5 Å². The van der Waals surface area contributed by atoms with Gasteiger partial charge < -0.3 is 5.73 Å². The molecule has 5 heteroatoms. The molecular formula is C11H11FN2O2. The minimum Gasteiger partial charge on any atom is -0.320 e. The van der Waals surface area contributed by atoms with E-state index >= 15 is 0 Å². The Morgan fingerprint density at radius 2 is 2.12 bits per heavy atom. The maximum Gasteiger partial charge on any atom is 0.250 e. The summed E-state index contributed by atoms with van der Waals surface area (Å²) in [5.74, 6) is -1.30. The van der Waals surface area contributed by atoms with Gasteiger partial charge in [-0.05, 0) is 24.6 Å². The number of nitrogens with zero attached hydrogens (tertiary/aromatic N) is 1. The van der Waals surface area contributed by atoms with Crippen molar-refractivity contribution in [2.75, 3.05) is 4.90 Å². The van der Waals surface area contributed by atoms with Gasteiger partial charge in [-0.25, -0.2) is 9.29 Å². The zero-order chi connectivity index (χ0) is 11.7. The van der Waals surface area contributed by atoms with Crippen molar-refractivity contribution in [2.24, 2.45) is 5.73 Å². The maximum absolute atomic E-state index is 13.0. The minimum atomic E-state index is -0.680. The number of rotatable bonds is 1. The van der Waals surface area contributed by atoms with Gasteiger partial charge in [0.1, 0.15) is 5.82 Å². The molecule has 1 fully saturated rings. The van der Waals surface area contributed by atoms with Crippen molar-refractivity contribution in [2.45, 2.75) is 18.9 Å². The normalized spacial score (nSPS) is 21.4. The van der Waals surface area contributed by atoms with Gasteiger partial charge in [0.05, 0.1) is 11.7 Å². The van der Waals surface area contributed by atoms with Crippen molar-refractivity contribution in [3.05, 3.63) is 30.1 Å². The smallest absolute Gasteiger partial charge is 0.250 e. The van der Waals surface area contributed by atoms with Crippen molar-refractivity contribution in [3.63, 3.8) is 0 Å². The van der Waals surface area contributed by atoms with Gasteiger partial charge in [0.15, 0.2) is 0 Å². The van der Waals surface area contributed by atoms with Gasteiger partial charge in [-0.1, -0.05) is 6.07 Å². The molecule has 1 saturated heterocycles. The van der Waals surface area contributed by atoms with E-state index in [2.05, 4.69) is 0 Å². The molecule has 1 aromatic carbocycles. The zero-order valence-electron chi connectivity index (χ0n) is 8.52. The van der Waals surface area contributed by atoms with Crippen LogP contribution >= 0.6 is 0 Å². The van der Waals surface area contributed by atoms with E-state index < -0.39 is 17.8 Å². The second kappa shape index (κ2) is 4.02. The summed E-state index contributed by atoms with van der Waals surface area (Å²) in [6, 6.07) is 4.68. The van der Waals surface area contributed by atoms with Crippen molar-refractivity contribution < 1.29 is 14.0 Å². The number of amides is 2. The number of hydrogen-bond acceptors (Lipinski definition) is 3. The highest BCUT2D eigenvalue weighted by molar-refractivity contribution is 6.18. The van der Waals surface area contributed by atoms with E-state index in [1.807, 2.05) is 0 Å². The molecule has 2 rings (SSSR count). The molecule has 84 valence electrons. The average molecular weight is 222 g/mol. The maximum atomic E-state index is 13.0. The van der Waals surface area contributed by atoms with Crippen LogP contribution in [0, 0.1) is 5.82 Å². The molecule has 1 atom stereocenters. The molecule has 2 amide bonds. The molecule has 16 heavy (non-hydrogen) atoms. The molecule has 1 aromatic rings. The first kappa shape index (κ1) is 10.8. The van der Waals surface area contributed by atoms with Crippen molar-refractivity contribution in [1.29, 1.82) is 0 Å². The summed E-state index contributed by atoms with van der Waals surface area (Å²) in [5.41, 5.74) is 5.81. The predicted molar refractivity (Wildman–Crippen MR) is 56.1 cm³/mol. The van der Waals surface area contributed by atoms with Gasteiger partial charge in [0.2, 0.25) is 5.91 Å². The summed E-state index contributed by atoms with van der Waals surface area (Å²) in [6.45, 7) is 0. The van der Waals surface area contributed by atoms with E-state index in [1.54, 1.807) is 0 Å². The number of carbonyl (C=O) groups excluding carboxylic acids is 2. The predicted octanol–water partition coefficient (Wildman–Crippen LogP) is 0.806. The third kappa shape index (κ3) is 1.81. The summed E-state index contributed by atoms with van der Waals surface area (Å²) in [7, 11) is 0. The summed E-state index contributed by atoms with van der Waals surface area (Å²) in [4.78, 5) is 24.2. The number of halogens is 1. The second-order valence-corrected chi connectivity index (χ2v) is 3.69. The van der Waals surface area contributed by atoms with E-state index in [0.717, 1.165) is 11.0 Å². The highest BCUT2D eigenvalue weighted by Crippen LogP contribution is 2.21. The van der Waals surface area contributed by atoms with Gasteiger partial charge in [0, 0.05) is 6.42 Å². The molecule has 0 radical (unpaired) electrons. The fourth-order valence-electron chi connectivity index (χ4n) is 1.69. The standard InChI is InChI=1S/C11H11FN2O2/c12-7-2-1-3-8(6-7)14-10(15)5-4-9(13)11(14)16/h1-3,6,9H,4-5,13H2. The molecule has 1 aliphatic heterocycles. The lowest BCUT2D eigenvalue weighted by Gasteiger charge is -2.28. The van der Waals surface area contributed by atoms with Gasteiger partial charge in [-0.2, -0.15) is 0 Å². The lowest BCUT2D eigenvalue weighted by molar-refractivity contribution is -0.130. The first-order valence-corrected chi connectivity index (χ1v) is 4.97. The van der Waals surface area contributed by atoms with Crippen LogP contribution in [0.3, 0.4) is 0 Å². The van der Waals surface area contributed by atoms with E-state index in [-0.39, 0.29) is 18.0 Å². The molecule has 0 aromatic heterocycles. The number of anilines is 1. The number of imide groups is 1. The zero-order valence-corrected chi connectivity index (χ0v) is 8.52. The third-order valence-electron chi connectivity index (χ3n) is 2.52. The fraction of sp³-hybridized carbons (Fsp3) is 0.273. The molecule has 1 aliphatic rings. The first-order chi connectivity index (χ1) is 7.59. The third-order valence-corrected chi connectivity index (χ3v) is 2.52. The number of hydrogen-bond donors (Lipinski definition) is 1. The Labute approximate surface area is 91.8 Å². The van der Waals surface area contributed by atoms with Gasteiger partial charge in [0.25, 0.3) is 5.91 Å². The highest BCUT2D eigenvalue weighted by atomic mass is 19.1. The Hall–Kier alpha value is -1.75. The van der Waals surface area contributed by atoms with Crippen LogP contribution in [0.15, 0.2) is 24.3 Å². The second-order valence-electron chi connectivity index (χ2n) is 3.69. The Balaban J connectivity index is 2.37. The summed E-state index contributed by atoms with van der Waals surface area (Å²) >= 11 is 0. The SMILES string of the molecule is NC1CCC(=O)N(c2cccc(F)c2)C1=O. The molecule has 2 N–H and O–H groups in total. The summed E-state index contributed by atoms with van der Waals surface area (Å²) in [6.07, 6.45) is 0.562. The van der Waals surface area contributed by atoms with Crippen LogP contribution in [-0.4, -0.2) is 17.9 Å². The molecule has 0 aliphatic carbocycles. The molecule has 0 spiro atoms. The van der Waals surface area contributed by atoms with E-state index in [0.29, 0.717) is 6.42 Å². The van der Waals surface area contributed by atoms with Gasteiger partial charge >= 0.3 is 0 Å². The highest BCUT2D eigenvalue weighted by Gasteiger charge is 2.33. The Bertz CT molecular complexity index is 447. The average Bonchev–Trinajstić information content (AvgIpc) is 2.24. The van der Waals surface area contributed by atoms with Gasteiger partial charge in [-0.15, -0.1) is 0 Å². The summed E-state index contributed by atoms with van der Waals surface area (Å²) < 4.78 is 13.0. The lowest BCUT2D eigenvalue weighted by atomic mass is 10.0. The van der Waals surface area contributed by atoms with E-state index in [4.69, 9.17) is 5.73 Å². The van der Waals surface area contributed by atoms with E-state index in [1.165, 1.54) is 18.2 Å². The Morgan fingerprint density at radius 1 is 1.38 bits per heavy atom. The number of nitrogens with two attached hydrogens (primary N) is 1. The van der Waals surface area contributed by atoms with Crippen LogP contribution in [0.25, 0.3) is 0 Å². The molecule has 0 bridgehead atoms. The van der Waals surface area contributed by atoms with E-state index in [9.17, 15) is 14.0 Å². The number of piperidine rings is 1. The van der Waals surface area contributed by atoms with Crippen LogP contribution in [0.2, 0.25) is 0 Å². The largest absolute Gasteiger partial charge is 0.320 e. The van der Waals surface area contributed by atoms with Crippen LogP contribution < -0.4 is 10.6 Å². The number of carbonyl (C=O) groups is 2. The van der Waals surface area contributed by atoms with Crippen LogP contribution in [-0.2, 0) is 9.59 Å². The topological polar surface area (TPSA) is 63.4 Å². The molecule has 1 heterocycles. The van der Waals surface area contributed by atoms with Crippen molar-refractivity contribution in [1.82, 2.24) is 0 Å². The quantitative estimate of drug-likeness (QED) is 0.715. The fourth-order valence-corrected chi connectivity index (χ4v) is 1.69. The first-order valence-electron chi connectivity index (χ1n) is 4.97. The summed E-state index contributed by atoms with van der Waals surface area (Å²) in [5, 5.41) is 0. The minimum absolute atomic E-state index is 0.212. The molecule has 4 nitrogen and oxygen atoms in total. The molecular weight excluding hydrogens is 211 g/mol. The van der Waals surface area contributed by atoms with Gasteiger partial charge in [-0.3, -0.25) is 9.59 Å².